The number of carbonyl (C=O) groups excluding carboxylic acids is 1. The van der Waals surface area contributed by atoms with E-state index in [0.29, 0.717) is 5.56 Å². The van der Waals surface area contributed by atoms with Gasteiger partial charge in [0.05, 0.1) is 6.10 Å². The van der Waals surface area contributed by atoms with Gasteiger partial charge in [-0.2, -0.15) is 0 Å². The Morgan fingerprint density at radius 3 is 2.57 bits per heavy atom. The highest BCUT2D eigenvalue weighted by molar-refractivity contribution is 9.09. The van der Waals surface area contributed by atoms with Gasteiger partial charge in [0.25, 0.3) is 0 Å². The molecule has 5 nitrogen and oxygen atoms in total. The molecule has 6 heteroatoms. The number of hydrogen-bond donors (Lipinski definition) is 2. The van der Waals surface area contributed by atoms with Gasteiger partial charge in [0.1, 0.15) is 18.2 Å². The van der Waals surface area contributed by atoms with Crippen molar-refractivity contribution in [2.75, 3.05) is 5.33 Å². The second-order valence-corrected chi connectivity index (χ2v) is 7.13. The molecule has 1 heterocycles. The molecule has 1 aromatic carbocycles. The molecule has 0 radical (unpaired) electrons. The number of rotatable bonds is 5. The molecule has 0 aliphatic heterocycles. The summed E-state index contributed by atoms with van der Waals surface area (Å²) in [6.07, 6.45) is -0.250. The quantitative estimate of drug-likeness (QED) is 0.614. The third kappa shape index (κ3) is 4.34. The number of aliphatic hydroxyl groups excluding tert-OH is 2. The molecule has 2 N–H and O–H groups in total. The van der Waals surface area contributed by atoms with Crippen LogP contribution < -0.4 is 0 Å². The van der Waals surface area contributed by atoms with Gasteiger partial charge in [-0.15, -0.1) is 0 Å². The normalized spacial score (nSPS) is 14.7. The molecule has 1 aromatic heterocycles. The molecule has 0 spiro atoms. The van der Waals surface area contributed by atoms with Crippen LogP contribution in [-0.4, -0.2) is 37.8 Å². The topological polar surface area (TPSA) is 71.7 Å². The van der Waals surface area contributed by atoms with Gasteiger partial charge >= 0.3 is 5.97 Å². The number of hydrogen-bond acceptors (Lipinski definition) is 4. The summed E-state index contributed by atoms with van der Waals surface area (Å²) < 4.78 is 7.09. The first-order chi connectivity index (χ1) is 10.7. The Balaban J connectivity index is 2.36. The fraction of sp³-hybridized carbons (Fsp3) is 0.471. The van der Waals surface area contributed by atoms with E-state index in [4.69, 9.17) is 4.74 Å². The van der Waals surface area contributed by atoms with Gasteiger partial charge < -0.3 is 19.5 Å². The molecule has 23 heavy (non-hydrogen) atoms. The molecule has 2 aromatic rings. The second-order valence-electron chi connectivity index (χ2n) is 6.48. The first kappa shape index (κ1) is 18.0. The molecule has 126 valence electrons. The maximum atomic E-state index is 12.1. The minimum Gasteiger partial charge on any atom is -0.459 e. The van der Waals surface area contributed by atoms with Crippen LogP contribution in [0.4, 0.5) is 0 Å². The highest BCUT2D eigenvalue weighted by Crippen LogP contribution is 2.29. The van der Waals surface area contributed by atoms with E-state index in [-0.39, 0.29) is 17.8 Å². The van der Waals surface area contributed by atoms with Crippen molar-refractivity contribution in [3.63, 3.8) is 0 Å². The van der Waals surface area contributed by atoms with Gasteiger partial charge in [0.2, 0.25) is 0 Å². The number of para-hydroxylation sites is 1. The molecule has 2 unspecified atom stereocenters. The molecule has 2 rings (SSSR count). The third-order valence-electron chi connectivity index (χ3n) is 3.38. The first-order valence-electron chi connectivity index (χ1n) is 7.44. The smallest absolute Gasteiger partial charge is 0.326 e. The zero-order valence-electron chi connectivity index (χ0n) is 13.5. The Morgan fingerprint density at radius 1 is 1.30 bits per heavy atom. The standard InChI is InChI=1S/C17H22BrNO4/c1-17(2,3)23-15(21)10-19-9-12(16(22)14(20)8-18)11-6-4-5-7-13(11)19/h4-7,9,14,16,20,22H,8,10H2,1-3H3. The Morgan fingerprint density at radius 2 is 1.96 bits per heavy atom. The van der Waals surface area contributed by atoms with Crippen LogP contribution in [0.2, 0.25) is 0 Å². The van der Waals surface area contributed by atoms with E-state index < -0.39 is 17.8 Å². The zero-order valence-corrected chi connectivity index (χ0v) is 15.1. The Kier molecular flexibility index (Phi) is 5.49. The minimum atomic E-state index is -1.03. The predicted octanol–water partition coefficient (Wildman–Crippen LogP) is 2.77. The van der Waals surface area contributed by atoms with Crippen molar-refractivity contribution < 1.29 is 19.7 Å². The summed E-state index contributed by atoms with van der Waals surface area (Å²) in [6, 6.07) is 7.46. The van der Waals surface area contributed by atoms with E-state index >= 15 is 0 Å². The van der Waals surface area contributed by atoms with Gasteiger partial charge in [-0.1, -0.05) is 34.1 Å². The lowest BCUT2D eigenvalue weighted by Gasteiger charge is -2.19. The molecular weight excluding hydrogens is 362 g/mol. The van der Waals surface area contributed by atoms with Crippen molar-refractivity contribution in [3.05, 3.63) is 36.0 Å². The Hall–Kier alpha value is -1.37. The summed E-state index contributed by atoms with van der Waals surface area (Å²) in [5, 5.41) is 21.3. The predicted molar refractivity (Wildman–Crippen MR) is 92.5 cm³/mol. The molecule has 0 aliphatic rings. The molecule has 0 fully saturated rings. The fourth-order valence-corrected chi connectivity index (χ4v) is 2.80. The highest BCUT2D eigenvalue weighted by Gasteiger charge is 2.23. The lowest BCUT2D eigenvalue weighted by molar-refractivity contribution is -0.155. The first-order valence-corrected chi connectivity index (χ1v) is 8.57. The fourth-order valence-electron chi connectivity index (χ4n) is 2.45. The summed E-state index contributed by atoms with van der Waals surface area (Å²) in [4.78, 5) is 12.1. The van der Waals surface area contributed by atoms with Crippen molar-refractivity contribution in [2.24, 2.45) is 0 Å². The summed E-state index contributed by atoms with van der Waals surface area (Å²) in [5.41, 5.74) is 0.861. The number of aromatic nitrogens is 1. The van der Waals surface area contributed by atoms with E-state index in [1.807, 2.05) is 45.0 Å². The summed E-state index contributed by atoms with van der Waals surface area (Å²) >= 11 is 3.17. The second kappa shape index (κ2) is 7.03. The van der Waals surface area contributed by atoms with E-state index in [1.165, 1.54) is 0 Å². The number of alkyl halides is 1. The van der Waals surface area contributed by atoms with Crippen LogP contribution in [0.1, 0.15) is 32.4 Å². The van der Waals surface area contributed by atoms with Gasteiger partial charge in [0, 0.05) is 28.0 Å². The van der Waals surface area contributed by atoms with E-state index in [0.717, 1.165) is 10.9 Å². The van der Waals surface area contributed by atoms with E-state index in [9.17, 15) is 15.0 Å². The maximum Gasteiger partial charge on any atom is 0.326 e. The average Bonchev–Trinajstić information content (AvgIpc) is 2.82. The third-order valence-corrected chi connectivity index (χ3v) is 4.04. The van der Waals surface area contributed by atoms with Crippen LogP contribution >= 0.6 is 15.9 Å². The van der Waals surface area contributed by atoms with Gasteiger partial charge in [-0.3, -0.25) is 4.79 Å². The maximum absolute atomic E-state index is 12.1. The van der Waals surface area contributed by atoms with E-state index in [2.05, 4.69) is 15.9 Å². The summed E-state index contributed by atoms with van der Waals surface area (Å²) in [6.45, 7) is 5.51. The van der Waals surface area contributed by atoms with Crippen LogP contribution in [0.5, 0.6) is 0 Å². The highest BCUT2D eigenvalue weighted by atomic mass is 79.9. The molecule has 2 atom stereocenters. The number of ether oxygens (including phenoxy) is 1. The molecular formula is C17H22BrNO4. The van der Waals surface area contributed by atoms with Crippen LogP contribution in [0, 0.1) is 0 Å². The zero-order chi connectivity index (χ0) is 17.2. The molecule has 0 aliphatic carbocycles. The average molecular weight is 384 g/mol. The van der Waals surface area contributed by atoms with Crippen molar-refractivity contribution >= 4 is 32.8 Å². The van der Waals surface area contributed by atoms with Gasteiger partial charge in [-0.25, -0.2) is 0 Å². The molecule has 0 amide bonds. The summed E-state index contributed by atoms with van der Waals surface area (Å²) in [5.74, 6) is -0.347. The SMILES string of the molecule is CC(C)(C)OC(=O)Cn1cc(C(O)C(O)CBr)c2ccccc21. The van der Waals surface area contributed by atoms with Crippen molar-refractivity contribution in [1.29, 1.82) is 0 Å². The lowest BCUT2D eigenvalue weighted by atomic mass is 10.0. The van der Waals surface area contributed by atoms with Crippen LogP contribution in [0.3, 0.4) is 0 Å². The minimum absolute atomic E-state index is 0.0505. The number of esters is 1. The van der Waals surface area contributed by atoms with Crippen LogP contribution in [-0.2, 0) is 16.1 Å². The Labute approximate surface area is 144 Å². The van der Waals surface area contributed by atoms with Crippen molar-refractivity contribution in [1.82, 2.24) is 4.57 Å². The van der Waals surface area contributed by atoms with Crippen molar-refractivity contribution in [2.45, 2.75) is 45.1 Å². The largest absolute Gasteiger partial charge is 0.459 e. The number of benzene rings is 1. The molecule has 0 saturated carbocycles. The molecule has 0 bridgehead atoms. The van der Waals surface area contributed by atoms with Crippen LogP contribution in [0.25, 0.3) is 10.9 Å². The number of carbonyl (C=O) groups is 1. The number of halogens is 1. The monoisotopic (exact) mass is 383 g/mol. The lowest BCUT2D eigenvalue weighted by Crippen LogP contribution is -2.26. The summed E-state index contributed by atoms with van der Waals surface area (Å²) in [7, 11) is 0. The van der Waals surface area contributed by atoms with Gasteiger partial charge in [0.15, 0.2) is 0 Å². The van der Waals surface area contributed by atoms with Crippen LogP contribution in [0.15, 0.2) is 30.5 Å². The number of fused-ring (bicyclic) bond motifs is 1. The van der Waals surface area contributed by atoms with E-state index in [1.54, 1.807) is 10.8 Å². The number of aliphatic hydroxyl groups is 2. The van der Waals surface area contributed by atoms with Gasteiger partial charge in [-0.05, 0) is 26.8 Å². The Bertz CT molecular complexity index is 689. The van der Waals surface area contributed by atoms with Crippen molar-refractivity contribution in [3.8, 4) is 0 Å². The number of nitrogens with zero attached hydrogens (tertiary/aromatic N) is 1. The molecule has 0 saturated heterocycles.